The Morgan fingerprint density at radius 3 is 2.72 bits per heavy atom. The van der Waals surface area contributed by atoms with Crippen LogP contribution in [0.5, 0.6) is 0 Å². The standard InChI is InChI=1S/C14H21N3O/c1-10-4-5-12(16-15)11(8-10)13(18)17-7-6-14(2,3)9-17/h4-5,8,16H,6-7,9,15H2,1-3H3. The van der Waals surface area contributed by atoms with E-state index in [1.54, 1.807) is 0 Å². The van der Waals surface area contributed by atoms with E-state index in [1.807, 2.05) is 30.0 Å². The van der Waals surface area contributed by atoms with Crippen LogP contribution in [-0.4, -0.2) is 23.9 Å². The van der Waals surface area contributed by atoms with Gasteiger partial charge in [0.15, 0.2) is 0 Å². The second-order valence-electron chi connectivity index (χ2n) is 5.83. The summed E-state index contributed by atoms with van der Waals surface area (Å²) >= 11 is 0. The number of anilines is 1. The highest BCUT2D eigenvalue weighted by molar-refractivity contribution is 5.99. The van der Waals surface area contributed by atoms with Crippen LogP contribution in [0.1, 0.15) is 36.2 Å². The van der Waals surface area contributed by atoms with Crippen LogP contribution in [0.2, 0.25) is 0 Å². The van der Waals surface area contributed by atoms with Crippen molar-refractivity contribution in [3.05, 3.63) is 29.3 Å². The number of benzene rings is 1. The zero-order chi connectivity index (χ0) is 13.3. The molecule has 18 heavy (non-hydrogen) atoms. The number of nitrogens with zero attached hydrogens (tertiary/aromatic N) is 1. The molecule has 1 heterocycles. The summed E-state index contributed by atoms with van der Waals surface area (Å²) in [5.41, 5.74) is 5.24. The van der Waals surface area contributed by atoms with Crippen molar-refractivity contribution in [1.82, 2.24) is 4.90 Å². The van der Waals surface area contributed by atoms with Crippen LogP contribution in [0.25, 0.3) is 0 Å². The fourth-order valence-electron chi connectivity index (χ4n) is 2.42. The summed E-state index contributed by atoms with van der Waals surface area (Å²) in [4.78, 5) is 14.4. The monoisotopic (exact) mass is 247 g/mol. The van der Waals surface area contributed by atoms with Gasteiger partial charge in [0.05, 0.1) is 11.3 Å². The maximum Gasteiger partial charge on any atom is 0.256 e. The third kappa shape index (κ3) is 2.48. The molecule has 0 saturated carbocycles. The number of rotatable bonds is 2. The Morgan fingerprint density at radius 1 is 1.44 bits per heavy atom. The summed E-state index contributed by atoms with van der Waals surface area (Å²) in [6.07, 6.45) is 1.05. The number of hydrogen-bond acceptors (Lipinski definition) is 3. The molecule has 3 N–H and O–H groups in total. The second-order valence-corrected chi connectivity index (χ2v) is 5.83. The van der Waals surface area contributed by atoms with Gasteiger partial charge in [0.2, 0.25) is 0 Å². The van der Waals surface area contributed by atoms with Crippen LogP contribution in [0.4, 0.5) is 5.69 Å². The summed E-state index contributed by atoms with van der Waals surface area (Å²) in [5, 5.41) is 0. The smallest absolute Gasteiger partial charge is 0.256 e. The lowest BCUT2D eigenvalue weighted by Crippen LogP contribution is -2.31. The number of hydrogen-bond donors (Lipinski definition) is 2. The van der Waals surface area contributed by atoms with E-state index in [-0.39, 0.29) is 11.3 Å². The Labute approximate surface area is 108 Å². The lowest BCUT2D eigenvalue weighted by atomic mass is 9.93. The number of nitrogens with one attached hydrogen (secondary N) is 1. The average Bonchev–Trinajstić information content (AvgIpc) is 2.68. The van der Waals surface area contributed by atoms with Crippen molar-refractivity contribution in [3.63, 3.8) is 0 Å². The fraction of sp³-hybridized carbons (Fsp3) is 0.500. The molecule has 0 unspecified atom stereocenters. The number of carbonyl (C=O) groups excluding carboxylic acids is 1. The van der Waals surface area contributed by atoms with Gasteiger partial charge in [0.1, 0.15) is 0 Å². The van der Waals surface area contributed by atoms with E-state index in [0.717, 1.165) is 25.1 Å². The van der Waals surface area contributed by atoms with E-state index in [9.17, 15) is 4.79 Å². The van der Waals surface area contributed by atoms with E-state index in [0.29, 0.717) is 11.3 Å². The quantitative estimate of drug-likeness (QED) is 0.622. The second kappa shape index (κ2) is 4.61. The van der Waals surface area contributed by atoms with Gasteiger partial charge in [-0.3, -0.25) is 10.6 Å². The molecule has 1 fully saturated rings. The van der Waals surface area contributed by atoms with Gasteiger partial charge < -0.3 is 10.3 Å². The highest BCUT2D eigenvalue weighted by Gasteiger charge is 2.33. The average molecular weight is 247 g/mol. The molecular formula is C14H21N3O. The van der Waals surface area contributed by atoms with E-state index < -0.39 is 0 Å². The predicted octanol–water partition coefficient (Wildman–Crippen LogP) is 2.15. The molecular weight excluding hydrogens is 226 g/mol. The Morgan fingerprint density at radius 2 is 2.17 bits per heavy atom. The van der Waals surface area contributed by atoms with Crippen molar-refractivity contribution < 1.29 is 4.79 Å². The van der Waals surface area contributed by atoms with Crippen LogP contribution in [0, 0.1) is 12.3 Å². The van der Waals surface area contributed by atoms with Crippen LogP contribution in [0.3, 0.4) is 0 Å². The summed E-state index contributed by atoms with van der Waals surface area (Å²) in [7, 11) is 0. The van der Waals surface area contributed by atoms with Crippen LogP contribution in [0.15, 0.2) is 18.2 Å². The molecule has 0 radical (unpaired) electrons. The minimum atomic E-state index is 0.0669. The number of carbonyl (C=O) groups is 1. The SMILES string of the molecule is Cc1ccc(NN)c(C(=O)N2CCC(C)(C)C2)c1. The molecule has 0 aromatic heterocycles. The minimum Gasteiger partial charge on any atom is -0.338 e. The van der Waals surface area contributed by atoms with Crippen molar-refractivity contribution >= 4 is 11.6 Å². The molecule has 1 saturated heterocycles. The number of nitrogens with two attached hydrogens (primary N) is 1. The largest absolute Gasteiger partial charge is 0.338 e. The third-order valence-corrected chi connectivity index (χ3v) is 3.53. The maximum absolute atomic E-state index is 12.5. The van der Waals surface area contributed by atoms with Crippen LogP contribution in [-0.2, 0) is 0 Å². The normalized spacial score (nSPS) is 17.9. The Balaban J connectivity index is 2.26. The maximum atomic E-state index is 12.5. The van der Waals surface area contributed by atoms with E-state index >= 15 is 0 Å². The summed E-state index contributed by atoms with van der Waals surface area (Å²) in [6.45, 7) is 8.00. The molecule has 1 aliphatic rings. The molecule has 4 heteroatoms. The van der Waals surface area contributed by atoms with Crippen molar-refractivity contribution in [1.29, 1.82) is 0 Å². The van der Waals surface area contributed by atoms with Gasteiger partial charge in [-0.05, 0) is 30.9 Å². The predicted molar refractivity (Wildman–Crippen MR) is 73.3 cm³/mol. The third-order valence-electron chi connectivity index (χ3n) is 3.53. The van der Waals surface area contributed by atoms with Crippen molar-refractivity contribution in [2.75, 3.05) is 18.5 Å². The highest BCUT2D eigenvalue weighted by Crippen LogP contribution is 2.30. The molecule has 0 spiro atoms. The molecule has 1 aliphatic heterocycles. The molecule has 0 bridgehead atoms. The molecule has 1 aromatic carbocycles. The molecule has 1 aromatic rings. The van der Waals surface area contributed by atoms with Gasteiger partial charge in [0.25, 0.3) is 5.91 Å². The Hall–Kier alpha value is -1.55. The summed E-state index contributed by atoms with van der Waals surface area (Å²) in [5.74, 6) is 5.54. The first-order valence-electron chi connectivity index (χ1n) is 6.29. The van der Waals surface area contributed by atoms with Crippen molar-refractivity contribution in [3.8, 4) is 0 Å². The molecule has 1 amide bonds. The van der Waals surface area contributed by atoms with Crippen molar-refractivity contribution in [2.45, 2.75) is 27.2 Å². The lowest BCUT2D eigenvalue weighted by Gasteiger charge is -2.21. The summed E-state index contributed by atoms with van der Waals surface area (Å²) < 4.78 is 0. The first-order chi connectivity index (χ1) is 8.43. The van der Waals surface area contributed by atoms with Gasteiger partial charge in [-0.1, -0.05) is 25.5 Å². The van der Waals surface area contributed by atoms with Gasteiger partial charge in [-0.25, -0.2) is 0 Å². The number of aryl methyl sites for hydroxylation is 1. The van der Waals surface area contributed by atoms with E-state index in [4.69, 9.17) is 5.84 Å². The van der Waals surface area contributed by atoms with Gasteiger partial charge in [0, 0.05) is 13.1 Å². The first-order valence-corrected chi connectivity index (χ1v) is 6.29. The molecule has 2 rings (SSSR count). The van der Waals surface area contributed by atoms with Gasteiger partial charge in [-0.2, -0.15) is 0 Å². The minimum absolute atomic E-state index is 0.0669. The number of nitrogen functional groups attached to an aromatic ring is 1. The van der Waals surface area contributed by atoms with Gasteiger partial charge >= 0.3 is 0 Å². The van der Waals surface area contributed by atoms with Crippen molar-refractivity contribution in [2.24, 2.45) is 11.3 Å². The van der Waals surface area contributed by atoms with E-state index in [1.165, 1.54) is 0 Å². The summed E-state index contributed by atoms with van der Waals surface area (Å²) in [6, 6.07) is 5.69. The zero-order valence-electron chi connectivity index (χ0n) is 11.3. The highest BCUT2D eigenvalue weighted by atomic mass is 16.2. The lowest BCUT2D eigenvalue weighted by molar-refractivity contribution is 0.0779. The van der Waals surface area contributed by atoms with Crippen LogP contribution < -0.4 is 11.3 Å². The molecule has 0 atom stereocenters. The molecule has 4 nitrogen and oxygen atoms in total. The fourth-order valence-corrected chi connectivity index (χ4v) is 2.42. The Bertz CT molecular complexity index is 468. The van der Waals surface area contributed by atoms with Crippen LogP contribution >= 0.6 is 0 Å². The molecule has 98 valence electrons. The number of hydrazine groups is 1. The Kier molecular flexibility index (Phi) is 3.30. The number of amides is 1. The first kappa shape index (κ1) is 12.9. The zero-order valence-corrected chi connectivity index (χ0v) is 11.3. The topological polar surface area (TPSA) is 58.4 Å². The van der Waals surface area contributed by atoms with Gasteiger partial charge in [-0.15, -0.1) is 0 Å². The molecule has 0 aliphatic carbocycles. The number of likely N-dealkylation sites (tertiary alicyclic amines) is 1. The van der Waals surface area contributed by atoms with E-state index in [2.05, 4.69) is 19.3 Å².